The molecule has 4 saturated carbocycles. The van der Waals surface area contributed by atoms with Gasteiger partial charge in [-0.25, -0.2) is 0 Å². The van der Waals surface area contributed by atoms with E-state index < -0.39 is 0 Å². The van der Waals surface area contributed by atoms with Crippen LogP contribution in [0.15, 0.2) is 30.5 Å². The fourth-order valence-electron chi connectivity index (χ4n) is 5.90. The van der Waals surface area contributed by atoms with Gasteiger partial charge >= 0.3 is 0 Å². The topological polar surface area (TPSA) is 41.9 Å². The molecule has 0 saturated heterocycles. The van der Waals surface area contributed by atoms with Crippen LogP contribution in [0, 0.1) is 17.8 Å². The Morgan fingerprint density at radius 2 is 1.59 bits per heavy atom. The van der Waals surface area contributed by atoms with Gasteiger partial charge in [-0.1, -0.05) is 23.2 Å². The van der Waals surface area contributed by atoms with Gasteiger partial charge in [-0.15, -0.1) is 0 Å². The fraction of sp³-hybridized carbons (Fsp3) is 0.500. The molecule has 2 aromatic rings. The number of nitrogens with one attached hydrogen (secondary N) is 2. The standard InChI is InChI=1S/C20H22Cl2N4S/c21-15-6-16(22)8-17(7-15)23-19(27)24-18-1-2-26(25-18)20-9-12-3-13(10-20)5-14(4-12)11-20/h1-2,6-8,12-14H,3-5,9-11H2,(H2,23,24,25,27). The summed E-state index contributed by atoms with van der Waals surface area (Å²) >= 11 is 17.5. The lowest BCUT2D eigenvalue weighted by atomic mass is 9.53. The molecule has 1 aromatic carbocycles. The van der Waals surface area contributed by atoms with Crippen LogP contribution < -0.4 is 10.6 Å². The summed E-state index contributed by atoms with van der Waals surface area (Å²) in [6.07, 6.45) is 10.3. The highest BCUT2D eigenvalue weighted by atomic mass is 35.5. The highest BCUT2D eigenvalue weighted by Crippen LogP contribution is 2.58. The van der Waals surface area contributed by atoms with Gasteiger partial charge in [-0.05, 0) is 86.7 Å². The Balaban J connectivity index is 1.29. The molecule has 4 nitrogen and oxygen atoms in total. The molecule has 1 heterocycles. The second-order valence-corrected chi connectivity index (χ2v) is 9.81. The normalized spacial score (nSPS) is 31.1. The van der Waals surface area contributed by atoms with Crippen molar-refractivity contribution in [3.63, 3.8) is 0 Å². The minimum atomic E-state index is 0.226. The van der Waals surface area contributed by atoms with E-state index in [0.29, 0.717) is 15.2 Å². The monoisotopic (exact) mass is 420 g/mol. The van der Waals surface area contributed by atoms with Crippen molar-refractivity contribution in [3.05, 3.63) is 40.5 Å². The van der Waals surface area contributed by atoms with Gasteiger partial charge in [0.05, 0.1) is 5.54 Å². The molecule has 0 amide bonds. The first-order valence-corrected chi connectivity index (χ1v) is 10.7. The molecule has 6 rings (SSSR count). The highest BCUT2D eigenvalue weighted by Gasteiger charge is 2.52. The van der Waals surface area contributed by atoms with E-state index in [1.54, 1.807) is 18.2 Å². The predicted molar refractivity (Wildman–Crippen MR) is 115 cm³/mol. The molecule has 0 atom stereocenters. The number of halogens is 2. The van der Waals surface area contributed by atoms with Crippen LogP contribution in [0.2, 0.25) is 10.0 Å². The van der Waals surface area contributed by atoms with Crippen LogP contribution in [0.1, 0.15) is 38.5 Å². The molecular weight excluding hydrogens is 399 g/mol. The number of nitrogens with zero attached hydrogens (tertiary/aromatic N) is 2. The van der Waals surface area contributed by atoms with Crippen molar-refractivity contribution in [3.8, 4) is 0 Å². The van der Waals surface area contributed by atoms with Crippen LogP contribution in [-0.4, -0.2) is 14.9 Å². The van der Waals surface area contributed by atoms with Crippen molar-refractivity contribution < 1.29 is 0 Å². The summed E-state index contributed by atoms with van der Waals surface area (Å²) in [5, 5.41) is 12.8. The van der Waals surface area contributed by atoms with Crippen molar-refractivity contribution >= 4 is 52.0 Å². The molecule has 0 spiro atoms. The molecule has 142 valence electrons. The van der Waals surface area contributed by atoms with Crippen molar-refractivity contribution in [1.82, 2.24) is 9.78 Å². The van der Waals surface area contributed by atoms with E-state index in [1.165, 1.54) is 38.5 Å². The first kappa shape index (κ1) is 17.8. The highest BCUT2D eigenvalue weighted by molar-refractivity contribution is 7.80. The summed E-state index contributed by atoms with van der Waals surface area (Å²) in [7, 11) is 0. The SMILES string of the molecule is S=C(Nc1cc(Cl)cc(Cl)c1)Nc1ccn(C23CC4CC(CC(C4)C2)C3)n1. The van der Waals surface area contributed by atoms with E-state index in [1.807, 2.05) is 6.07 Å². The van der Waals surface area contributed by atoms with Crippen LogP contribution >= 0.6 is 35.4 Å². The molecule has 4 aliphatic carbocycles. The van der Waals surface area contributed by atoms with E-state index in [0.717, 1.165) is 29.3 Å². The number of thiocarbonyl (C=S) groups is 1. The maximum atomic E-state index is 6.04. The third-order valence-electron chi connectivity index (χ3n) is 6.44. The van der Waals surface area contributed by atoms with Crippen molar-refractivity contribution in [2.45, 2.75) is 44.1 Å². The Kier molecular flexibility index (Phi) is 4.37. The first-order chi connectivity index (χ1) is 13.0. The number of hydrogen-bond acceptors (Lipinski definition) is 2. The lowest BCUT2D eigenvalue weighted by Crippen LogP contribution is -2.52. The van der Waals surface area contributed by atoms with Crippen LogP contribution in [0.25, 0.3) is 0 Å². The Morgan fingerprint density at radius 1 is 1.00 bits per heavy atom. The van der Waals surface area contributed by atoms with E-state index in [-0.39, 0.29) is 5.54 Å². The Labute approximate surface area is 174 Å². The maximum Gasteiger partial charge on any atom is 0.176 e. The lowest BCUT2D eigenvalue weighted by molar-refractivity contribution is -0.0492. The fourth-order valence-corrected chi connectivity index (χ4v) is 6.65. The van der Waals surface area contributed by atoms with Crippen LogP contribution in [0.3, 0.4) is 0 Å². The average Bonchev–Trinajstić information content (AvgIpc) is 3.01. The van der Waals surface area contributed by atoms with Gasteiger partial charge in [0.25, 0.3) is 0 Å². The average molecular weight is 421 g/mol. The summed E-state index contributed by atoms with van der Waals surface area (Å²) in [4.78, 5) is 0. The molecule has 0 aliphatic heterocycles. The Bertz CT molecular complexity index is 838. The molecule has 4 aliphatic rings. The van der Waals surface area contributed by atoms with Gasteiger partial charge in [-0.3, -0.25) is 4.68 Å². The summed E-state index contributed by atoms with van der Waals surface area (Å²) < 4.78 is 2.22. The maximum absolute atomic E-state index is 6.04. The summed E-state index contributed by atoms with van der Waals surface area (Å²) in [5.74, 6) is 3.46. The molecule has 4 bridgehead atoms. The van der Waals surface area contributed by atoms with Gasteiger partial charge in [0.15, 0.2) is 10.9 Å². The third kappa shape index (κ3) is 3.45. The van der Waals surface area contributed by atoms with Gasteiger partial charge in [-0.2, -0.15) is 5.10 Å². The number of aromatic nitrogens is 2. The first-order valence-electron chi connectivity index (χ1n) is 9.58. The predicted octanol–water partition coefficient (Wildman–Crippen LogP) is 5.92. The quantitative estimate of drug-likeness (QED) is 0.604. The van der Waals surface area contributed by atoms with Gasteiger partial charge in [0.2, 0.25) is 0 Å². The van der Waals surface area contributed by atoms with E-state index in [4.69, 9.17) is 40.5 Å². The van der Waals surface area contributed by atoms with Crippen molar-refractivity contribution in [2.75, 3.05) is 10.6 Å². The number of hydrogen-bond donors (Lipinski definition) is 2. The van der Waals surface area contributed by atoms with Gasteiger partial charge < -0.3 is 10.6 Å². The van der Waals surface area contributed by atoms with E-state index >= 15 is 0 Å². The Morgan fingerprint density at radius 3 is 2.19 bits per heavy atom. The zero-order valence-corrected chi connectivity index (χ0v) is 17.2. The molecule has 0 radical (unpaired) electrons. The molecule has 2 N–H and O–H groups in total. The molecular formula is C20H22Cl2N4S. The number of benzene rings is 1. The van der Waals surface area contributed by atoms with Crippen LogP contribution in [-0.2, 0) is 5.54 Å². The molecule has 1 aromatic heterocycles. The van der Waals surface area contributed by atoms with E-state index in [9.17, 15) is 0 Å². The smallest absolute Gasteiger partial charge is 0.176 e. The minimum absolute atomic E-state index is 0.226. The third-order valence-corrected chi connectivity index (χ3v) is 7.08. The zero-order chi connectivity index (χ0) is 18.6. The second kappa shape index (κ2) is 6.64. The van der Waals surface area contributed by atoms with Crippen molar-refractivity contribution in [1.29, 1.82) is 0 Å². The molecule has 0 unspecified atom stereocenters. The largest absolute Gasteiger partial charge is 0.332 e. The van der Waals surface area contributed by atoms with Crippen LogP contribution in [0.4, 0.5) is 11.5 Å². The molecule has 7 heteroatoms. The summed E-state index contributed by atoms with van der Waals surface area (Å²) in [5.41, 5.74) is 0.982. The van der Waals surface area contributed by atoms with Crippen LogP contribution in [0.5, 0.6) is 0 Å². The molecule has 4 fully saturated rings. The lowest BCUT2D eigenvalue weighted by Gasteiger charge is -2.56. The number of anilines is 2. The summed E-state index contributed by atoms with van der Waals surface area (Å²) in [6, 6.07) is 7.28. The second-order valence-electron chi connectivity index (χ2n) is 8.52. The Hall–Kier alpha value is -1.30. The van der Waals surface area contributed by atoms with Gasteiger partial charge in [0.1, 0.15) is 0 Å². The number of rotatable bonds is 3. The van der Waals surface area contributed by atoms with E-state index in [2.05, 4.69) is 21.5 Å². The minimum Gasteiger partial charge on any atom is -0.332 e. The zero-order valence-electron chi connectivity index (χ0n) is 14.9. The molecule has 27 heavy (non-hydrogen) atoms. The van der Waals surface area contributed by atoms with Crippen molar-refractivity contribution in [2.24, 2.45) is 17.8 Å². The summed E-state index contributed by atoms with van der Waals surface area (Å²) in [6.45, 7) is 0. The van der Waals surface area contributed by atoms with Gasteiger partial charge in [0, 0.05) is 28.0 Å².